The topological polar surface area (TPSA) is 118 Å². The highest BCUT2D eigenvalue weighted by Gasteiger charge is 2.36. The summed E-state index contributed by atoms with van der Waals surface area (Å²) in [4.78, 5) is 28.9. The van der Waals surface area contributed by atoms with Gasteiger partial charge in [0.25, 0.3) is 5.91 Å². The number of carbonyl (C=O) groups is 2. The molecule has 1 aromatic carbocycles. The van der Waals surface area contributed by atoms with Gasteiger partial charge in [-0.2, -0.15) is 4.31 Å². The fraction of sp³-hybridized carbons (Fsp3) is 0.409. The number of rotatable bonds is 5. The molecular formula is C22H26N4O5S. The number of fused-ring (bicyclic) bond motifs is 1. The van der Waals surface area contributed by atoms with Gasteiger partial charge in [0.05, 0.1) is 28.4 Å². The van der Waals surface area contributed by atoms with Crippen LogP contribution in [0, 0.1) is 12.8 Å². The van der Waals surface area contributed by atoms with Gasteiger partial charge in [0, 0.05) is 25.4 Å². The molecule has 4 rings (SSSR count). The molecule has 2 unspecified atom stereocenters. The van der Waals surface area contributed by atoms with E-state index in [-0.39, 0.29) is 23.3 Å². The number of sulfonamides is 1. The molecule has 3 heterocycles. The van der Waals surface area contributed by atoms with E-state index in [9.17, 15) is 18.0 Å². The number of aryl methyl sites for hydroxylation is 1. The molecule has 2 amide bonds. The normalized spacial score (nSPS) is 21.2. The average Bonchev–Trinajstić information content (AvgIpc) is 2.79. The van der Waals surface area contributed by atoms with Crippen LogP contribution in [0.25, 0.3) is 0 Å². The van der Waals surface area contributed by atoms with Crippen molar-refractivity contribution in [1.82, 2.24) is 9.29 Å². The molecule has 0 bridgehead atoms. The van der Waals surface area contributed by atoms with Gasteiger partial charge in [0.1, 0.15) is 5.75 Å². The Hall–Kier alpha value is -2.98. The SMILES string of the molecule is CCC1Oc2cc(S(=O)(=O)N3CCCC(C(=O)Nc4cccnc4)C3)c(C)cc2NC1=O. The van der Waals surface area contributed by atoms with Gasteiger partial charge in [-0.1, -0.05) is 6.92 Å². The van der Waals surface area contributed by atoms with E-state index in [4.69, 9.17) is 4.74 Å². The van der Waals surface area contributed by atoms with Crippen molar-refractivity contribution < 1.29 is 22.7 Å². The van der Waals surface area contributed by atoms with Crippen molar-refractivity contribution in [2.75, 3.05) is 23.7 Å². The Morgan fingerprint density at radius 3 is 2.91 bits per heavy atom. The Morgan fingerprint density at radius 1 is 1.38 bits per heavy atom. The number of anilines is 2. The summed E-state index contributed by atoms with van der Waals surface area (Å²) in [6, 6.07) is 6.55. The Bertz CT molecular complexity index is 1140. The quantitative estimate of drug-likeness (QED) is 0.711. The second-order valence-corrected chi connectivity index (χ2v) is 9.96. The summed E-state index contributed by atoms with van der Waals surface area (Å²) >= 11 is 0. The lowest BCUT2D eigenvalue weighted by Crippen LogP contribution is -2.44. The number of hydrogen-bond acceptors (Lipinski definition) is 6. The first-order valence-electron chi connectivity index (χ1n) is 10.6. The molecule has 10 heteroatoms. The maximum Gasteiger partial charge on any atom is 0.265 e. The monoisotopic (exact) mass is 458 g/mol. The van der Waals surface area contributed by atoms with Crippen LogP contribution in [-0.4, -0.2) is 48.7 Å². The zero-order valence-corrected chi connectivity index (χ0v) is 18.8. The van der Waals surface area contributed by atoms with E-state index in [1.54, 1.807) is 37.5 Å². The van der Waals surface area contributed by atoms with Gasteiger partial charge in [-0.3, -0.25) is 14.6 Å². The summed E-state index contributed by atoms with van der Waals surface area (Å²) in [6.45, 7) is 3.94. The number of aromatic nitrogens is 1. The summed E-state index contributed by atoms with van der Waals surface area (Å²) in [6.07, 6.45) is 4.17. The van der Waals surface area contributed by atoms with Gasteiger partial charge in [-0.05, 0) is 49.9 Å². The second kappa shape index (κ2) is 8.87. The van der Waals surface area contributed by atoms with Crippen molar-refractivity contribution in [1.29, 1.82) is 0 Å². The zero-order valence-electron chi connectivity index (χ0n) is 18.0. The van der Waals surface area contributed by atoms with Crippen molar-refractivity contribution in [2.45, 2.75) is 44.1 Å². The number of hydrogen-bond donors (Lipinski definition) is 2. The van der Waals surface area contributed by atoms with Crippen molar-refractivity contribution in [3.8, 4) is 5.75 Å². The van der Waals surface area contributed by atoms with Gasteiger partial charge < -0.3 is 15.4 Å². The first-order chi connectivity index (χ1) is 15.3. The summed E-state index contributed by atoms with van der Waals surface area (Å²) in [5.74, 6) is -0.592. The standard InChI is InChI=1S/C22H26N4O5S/c1-3-18-22(28)25-17-10-14(2)20(11-19(17)31-18)32(29,30)26-9-5-6-15(13-26)21(27)24-16-7-4-8-23-12-16/h4,7-8,10-12,15,18H,3,5-6,9,13H2,1-2H3,(H,24,27)(H,25,28). The van der Waals surface area contributed by atoms with Gasteiger partial charge in [0.15, 0.2) is 6.10 Å². The van der Waals surface area contributed by atoms with E-state index in [2.05, 4.69) is 15.6 Å². The molecule has 0 spiro atoms. The van der Waals surface area contributed by atoms with Crippen LogP contribution in [0.2, 0.25) is 0 Å². The molecule has 1 saturated heterocycles. The first-order valence-corrected chi connectivity index (χ1v) is 12.1. The van der Waals surface area contributed by atoms with Crippen LogP contribution in [0.1, 0.15) is 31.7 Å². The molecule has 2 aliphatic heterocycles. The number of benzene rings is 1. The molecule has 2 aliphatic rings. The first kappa shape index (κ1) is 22.2. The van der Waals surface area contributed by atoms with E-state index in [1.807, 2.05) is 6.92 Å². The van der Waals surface area contributed by atoms with Crippen molar-refractivity contribution in [2.24, 2.45) is 5.92 Å². The average molecular weight is 459 g/mol. The highest BCUT2D eigenvalue weighted by molar-refractivity contribution is 7.89. The Labute approximate surface area is 187 Å². The molecule has 2 aromatic rings. The molecule has 9 nitrogen and oxygen atoms in total. The number of pyridine rings is 1. The number of ether oxygens (including phenoxy) is 1. The van der Waals surface area contributed by atoms with Crippen LogP contribution in [0.5, 0.6) is 5.75 Å². The van der Waals surface area contributed by atoms with E-state index in [0.29, 0.717) is 48.5 Å². The van der Waals surface area contributed by atoms with Crippen LogP contribution < -0.4 is 15.4 Å². The van der Waals surface area contributed by atoms with Crippen LogP contribution in [0.4, 0.5) is 11.4 Å². The third-order valence-electron chi connectivity index (χ3n) is 5.77. The maximum atomic E-state index is 13.5. The van der Waals surface area contributed by atoms with Crippen molar-refractivity contribution >= 4 is 33.2 Å². The van der Waals surface area contributed by atoms with Crippen LogP contribution >= 0.6 is 0 Å². The molecule has 1 aromatic heterocycles. The number of nitrogens with one attached hydrogen (secondary N) is 2. The Balaban J connectivity index is 1.55. The van der Waals surface area contributed by atoms with E-state index in [1.165, 1.54) is 10.4 Å². The summed E-state index contributed by atoms with van der Waals surface area (Å²) in [7, 11) is -3.85. The van der Waals surface area contributed by atoms with Crippen LogP contribution in [0.15, 0.2) is 41.6 Å². The van der Waals surface area contributed by atoms with Gasteiger partial charge in [-0.25, -0.2) is 8.42 Å². The lowest BCUT2D eigenvalue weighted by Gasteiger charge is -2.32. The predicted octanol–water partition coefficient (Wildman–Crippen LogP) is 2.54. The van der Waals surface area contributed by atoms with Gasteiger partial charge in [0.2, 0.25) is 15.9 Å². The number of carbonyl (C=O) groups excluding carboxylic acids is 2. The van der Waals surface area contributed by atoms with Crippen molar-refractivity contribution in [3.05, 3.63) is 42.2 Å². The highest BCUT2D eigenvalue weighted by Crippen LogP contribution is 2.36. The molecule has 32 heavy (non-hydrogen) atoms. The molecule has 0 radical (unpaired) electrons. The number of amides is 2. The summed E-state index contributed by atoms with van der Waals surface area (Å²) in [5, 5.41) is 5.58. The third-order valence-corrected chi connectivity index (χ3v) is 7.78. The zero-order chi connectivity index (χ0) is 22.9. The minimum atomic E-state index is -3.85. The smallest absolute Gasteiger partial charge is 0.265 e. The summed E-state index contributed by atoms with van der Waals surface area (Å²) in [5.41, 5.74) is 1.54. The highest BCUT2D eigenvalue weighted by atomic mass is 32.2. The molecule has 0 aliphatic carbocycles. The molecule has 0 saturated carbocycles. The van der Waals surface area contributed by atoms with E-state index in [0.717, 1.165) is 0 Å². The molecule has 2 N–H and O–H groups in total. The third kappa shape index (κ3) is 4.33. The fourth-order valence-corrected chi connectivity index (χ4v) is 5.77. The van der Waals surface area contributed by atoms with Gasteiger partial charge >= 0.3 is 0 Å². The van der Waals surface area contributed by atoms with Crippen molar-refractivity contribution in [3.63, 3.8) is 0 Å². The Kier molecular flexibility index (Phi) is 6.16. The predicted molar refractivity (Wildman–Crippen MR) is 119 cm³/mol. The van der Waals surface area contributed by atoms with Crippen LogP contribution in [0.3, 0.4) is 0 Å². The molecule has 170 valence electrons. The lowest BCUT2D eigenvalue weighted by molar-refractivity contribution is -0.123. The number of nitrogens with zero attached hydrogens (tertiary/aromatic N) is 2. The Morgan fingerprint density at radius 2 is 2.19 bits per heavy atom. The van der Waals surface area contributed by atoms with E-state index < -0.39 is 22.0 Å². The van der Waals surface area contributed by atoms with E-state index >= 15 is 0 Å². The number of piperidine rings is 1. The minimum absolute atomic E-state index is 0.0974. The molecule has 1 fully saturated rings. The maximum absolute atomic E-state index is 13.5. The minimum Gasteiger partial charge on any atom is -0.478 e. The second-order valence-electron chi connectivity index (χ2n) is 8.05. The van der Waals surface area contributed by atoms with Gasteiger partial charge in [-0.15, -0.1) is 0 Å². The largest absolute Gasteiger partial charge is 0.478 e. The lowest BCUT2D eigenvalue weighted by atomic mass is 9.99. The fourth-order valence-electron chi connectivity index (χ4n) is 4.03. The van der Waals surface area contributed by atoms with Crippen LogP contribution in [-0.2, 0) is 19.6 Å². The molecule has 2 atom stereocenters. The summed E-state index contributed by atoms with van der Waals surface area (Å²) < 4.78 is 34.0. The molecular weight excluding hydrogens is 432 g/mol.